The highest BCUT2D eigenvalue weighted by atomic mass is 19.1. The van der Waals surface area contributed by atoms with Crippen molar-refractivity contribution in [1.82, 2.24) is 0 Å². The first kappa shape index (κ1) is 12.6. The van der Waals surface area contributed by atoms with Crippen molar-refractivity contribution >= 4 is 5.78 Å². The Hall–Kier alpha value is -1.42. The maximum absolute atomic E-state index is 13.6. The molecule has 1 rings (SSSR count). The molecule has 0 aliphatic carbocycles. The summed E-state index contributed by atoms with van der Waals surface area (Å²) in [6.45, 7) is 3.46. The molecule has 1 aromatic carbocycles. The molecule has 4 heteroatoms. The van der Waals surface area contributed by atoms with Gasteiger partial charge in [-0.15, -0.1) is 0 Å². The van der Waals surface area contributed by atoms with Gasteiger partial charge in [-0.2, -0.15) is 0 Å². The predicted octanol–water partition coefficient (Wildman–Crippen LogP) is 1.93. The minimum Gasteiger partial charge on any atom is -0.493 e. The average Bonchev–Trinajstić information content (AvgIpc) is 2.26. The molecule has 0 aromatic heterocycles. The molecule has 0 saturated carbocycles. The standard InChI is InChI=1S/C12H16FNO2/c1-4-8-5-9(11(15)7(2)14)12(16-3)10(13)6-8/h5-7H,4,14H2,1-3H3. The Labute approximate surface area is 94.4 Å². The zero-order valence-electron chi connectivity index (χ0n) is 9.71. The first-order valence-electron chi connectivity index (χ1n) is 5.17. The van der Waals surface area contributed by atoms with Gasteiger partial charge >= 0.3 is 0 Å². The number of ketones is 1. The minimum atomic E-state index is -0.666. The van der Waals surface area contributed by atoms with Crippen molar-refractivity contribution in [3.05, 3.63) is 29.1 Å². The highest BCUT2D eigenvalue weighted by Crippen LogP contribution is 2.25. The lowest BCUT2D eigenvalue weighted by atomic mass is 10.0. The van der Waals surface area contributed by atoms with Gasteiger partial charge in [0.15, 0.2) is 17.3 Å². The topological polar surface area (TPSA) is 52.3 Å². The molecule has 0 amide bonds. The number of carbonyl (C=O) groups excluding carboxylic acids is 1. The summed E-state index contributed by atoms with van der Waals surface area (Å²) in [5.74, 6) is -0.864. The fourth-order valence-electron chi connectivity index (χ4n) is 1.49. The molecule has 2 N–H and O–H groups in total. The monoisotopic (exact) mass is 225 g/mol. The van der Waals surface area contributed by atoms with Gasteiger partial charge in [0.2, 0.25) is 0 Å². The maximum atomic E-state index is 13.6. The summed E-state index contributed by atoms with van der Waals surface area (Å²) in [5.41, 5.74) is 6.47. The van der Waals surface area contributed by atoms with Gasteiger partial charge in [-0.25, -0.2) is 4.39 Å². The van der Waals surface area contributed by atoms with Gasteiger partial charge in [0, 0.05) is 0 Å². The highest BCUT2D eigenvalue weighted by Gasteiger charge is 2.20. The van der Waals surface area contributed by atoms with Crippen LogP contribution in [0.3, 0.4) is 0 Å². The highest BCUT2D eigenvalue weighted by molar-refractivity contribution is 6.02. The van der Waals surface area contributed by atoms with E-state index in [-0.39, 0.29) is 17.1 Å². The molecule has 0 saturated heterocycles. The molecule has 0 bridgehead atoms. The number of methoxy groups -OCH3 is 1. The van der Waals surface area contributed by atoms with E-state index < -0.39 is 11.9 Å². The van der Waals surface area contributed by atoms with Gasteiger partial charge in [0.1, 0.15) is 0 Å². The number of Topliss-reactive ketones (excluding diaryl/α,β-unsaturated/α-hetero) is 1. The van der Waals surface area contributed by atoms with Crippen LogP contribution in [-0.4, -0.2) is 18.9 Å². The molecule has 1 unspecified atom stereocenters. The summed E-state index contributed by atoms with van der Waals surface area (Å²) < 4.78 is 18.5. The molecule has 0 aliphatic rings. The van der Waals surface area contributed by atoms with Crippen LogP contribution in [0, 0.1) is 5.82 Å². The molecule has 0 radical (unpaired) electrons. The Morgan fingerprint density at radius 1 is 1.56 bits per heavy atom. The fraction of sp³-hybridized carbons (Fsp3) is 0.417. The van der Waals surface area contributed by atoms with Crippen molar-refractivity contribution in [1.29, 1.82) is 0 Å². The number of rotatable bonds is 4. The van der Waals surface area contributed by atoms with Crippen LogP contribution in [0.2, 0.25) is 0 Å². The smallest absolute Gasteiger partial charge is 0.183 e. The quantitative estimate of drug-likeness (QED) is 0.796. The largest absolute Gasteiger partial charge is 0.493 e. The van der Waals surface area contributed by atoms with Crippen LogP contribution >= 0.6 is 0 Å². The van der Waals surface area contributed by atoms with E-state index >= 15 is 0 Å². The van der Waals surface area contributed by atoms with E-state index in [1.165, 1.54) is 13.2 Å². The van der Waals surface area contributed by atoms with Gasteiger partial charge in [0.25, 0.3) is 0 Å². The summed E-state index contributed by atoms with van der Waals surface area (Å²) in [5, 5.41) is 0. The summed E-state index contributed by atoms with van der Waals surface area (Å²) >= 11 is 0. The zero-order chi connectivity index (χ0) is 12.3. The first-order chi connectivity index (χ1) is 7.51. The van der Waals surface area contributed by atoms with Gasteiger partial charge in [0.05, 0.1) is 18.7 Å². The van der Waals surface area contributed by atoms with E-state index in [1.54, 1.807) is 13.0 Å². The molecule has 0 fully saturated rings. The third kappa shape index (κ3) is 2.39. The van der Waals surface area contributed by atoms with Crippen molar-refractivity contribution in [2.45, 2.75) is 26.3 Å². The number of nitrogens with two attached hydrogens (primary N) is 1. The number of benzene rings is 1. The summed E-state index contributed by atoms with van der Waals surface area (Å²) in [6.07, 6.45) is 0.653. The predicted molar refractivity (Wildman–Crippen MR) is 60.3 cm³/mol. The summed E-state index contributed by atoms with van der Waals surface area (Å²) in [6, 6.07) is 2.34. The fourth-order valence-corrected chi connectivity index (χ4v) is 1.49. The van der Waals surface area contributed by atoms with Gasteiger partial charge in [-0.3, -0.25) is 4.79 Å². The third-order valence-corrected chi connectivity index (χ3v) is 2.39. The lowest BCUT2D eigenvalue weighted by molar-refractivity contribution is 0.0964. The van der Waals surface area contributed by atoms with Gasteiger partial charge < -0.3 is 10.5 Å². The second-order valence-electron chi connectivity index (χ2n) is 3.66. The van der Waals surface area contributed by atoms with E-state index in [4.69, 9.17) is 10.5 Å². The Morgan fingerprint density at radius 2 is 2.19 bits per heavy atom. The molecule has 16 heavy (non-hydrogen) atoms. The molecular formula is C12H16FNO2. The molecule has 0 spiro atoms. The van der Waals surface area contributed by atoms with E-state index in [0.717, 1.165) is 5.56 Å². The van der Waals surface area contributed by atoms with Crippen LogP contribution < -0.4 is 10.5 Å². The average molecular weight is 225 g/mol. The second-order valence-corrected chi connectivity index (χ2v) is 3.66. The molecular weight excluding hydrogens is 209 g/mol. The molecule has 0 aliphatic heterocycles. The number of carbonyl (C=O) groups is 1. The lowest BCUT2D eigenvalue weighted by Gasteiger charge is -2.12. The number of hydrogen-bond donors (Lipinski definition) is 1. The van der Waals surface area contributed by atoms with Crippen molar-refractivity contribution < 1.29 is 13.9 Å². The number of halogens is 1. The zero-order valence-corrected chi connectivity index (χ0v) is 9.71. The molecule has 3 nitrogen and oxygen atoms in total. The van der Waals surface area contributed by atoms with Crippen LogP contribution in [0.5, 0.6) is 5.75 Å². The first-order valence-corrected chi connectivity index (χ1v) is 5.17. The van der Waals surface area contributed by atoms with Crippen molar-refractivity contribution in [2.75, 3.05) is 7.11 Å². The van der Waals surface area contributed by atoms with Crippen LogP contribution in [-0.2, 0) is 6.42 Å². The molecule has 88 valence electrons. The summed E-state index contributed by atoms with van der Waals surface area (Å²) in [4.78, 5) is 11.8. The Bertz CT molecular complexity index is 402. The SMILES string of the molecule is CCc1cc(F)c(OC)c(C(=O)C(C)N)c1. The minimum absolute atomic E-state index is 0.0282. The van der Waals surface area contributed by atoms with Gasteiger partial charge in [-0.1, -0.05) is 6.92 Å². The molecule has 1 atom stereocenters. The Balaban J connectivity index is 3.33. The third-order valence-electron chi connectivity index (χ3n) is 2.39. The van der Waals surface area contributed by atoms with Gasteiger partial charge in [-0.05, 0) is 31.0 Å². The van der Waals surface area contributed by atoms with Crippen LogP contribution in [0.1, 0.15) is 29.8 Å². The van der Waals surface area contributed by atoms with E-state index in [9.17, 15) is 9.18 Å². The lowest BCUT2D eigenvalue weighted by Crippen LogP contribution is -2.27. The van der Waals surface area contributed by atoms with Crippen molar-refractivity contribution in [3.8, 4) is 5.75 Å². The molecule has 0 heterocycles. The Kier molecular flexibility index (Phi) is 4.01. The van der Waals surface area contributed by atoms with Crippen LogP contribution in [0.25, 0.3) is 0 Å². The van der Waals surface area contributed by atoms with Crippen LogP contribution in [0.15, 0.2) is 12.1 Å². The second kappa shape index (κ2) is 5.07. The maximum Gasteiger partial charge on any atom is 0.183 e. The van der Waals surface area contributed by atoms with E-state index in [1.807, 2.05) is 6.92 Å². The number of aryl methyl sites for hydroxylation is 1. The number of ether oxygens (including phenoxy) is 1. The summed E-state index contributed by atoms with van der Waals surface area (Å²) in [7, 11) is 1.34. The van der Waals surface area contributed by atoms with Crippen LogP contribution in [0.4, 0.5) is 4.39 Å². The normalized spacial score (nSPS) is 12.3. The van der Waals surface area contributed by atoms with Crippen molar-refractivity contribution in [3.63, 3.8) is 0 Å². The Morgan fingerprint density at radius 3 is 2.62 bits per heavy atom. The van der Waals surface area contributed by atoms with E-state index in [2.05, 4.69) is 0 Å². The van der Waals surface area contributed by atoms with Crippen molar-refractivity contribution in [2.24, 2.45) is 5.73 Å². The number of hydrogen-bond acceptors (Lipinski definition) is 3. The van der Waals surface area contributed by atoms with E-state index in [0.29, 0.717) is 6.42 Å². The molecule has 1 aromatic rings.